The summed E-state index contributed by atoms with van der Waals surface area (Å²) in [6.45, 7) is 5.67. The zero-order valence-corrected chi connectivity index (χ0v) is 15.1. The highest BCUT2D eigenvalue weighted by atomic mass is 127. The molecule has 0 unspecified atom stereocenters. The molecule has 1 fully saturated rings. The van der Waals surface area contributed by atoms with Crippen molar-refractivity contribution in [2.75, 3.05) is 0 Å². The molecule has 0 heterocycles. The lowest BCUT2D eigenvalue weighted by atomic mass is 9.81. The fourth-order valence-corrected chi connectivity index (χ4v) is 3.43. The molecule has 21 heavy (non-hydrogen) atoms. The van der Waals surface area contributed by atoms with Gasteiger partial charge in [-0.3, -0.25) is 0 Å². The Labute approximate surface area is 141 Å². The van der Waals surface area contributed by atoms with Crippen LogP contribution in [0.3, 0.4) is 0 Å². The van der Waals surface area contributed by atoms with E-state index in [1.807, 2.05) is 20.8 Å². The van der Waals surface area contributed by atoms with Crippen LogP contribution in [0.1, 0.15) is 57.9 Å². The summed E-state index contributed by atoms with van der Waals surface area (Å²) in [5.74, 6) is 0.536. The highest BCUT2D eigenvalue weighted by molar-refractivity contribution is 14.1. The van der Waals surface area contributed by atoms with E-state index in [2.05, 4.69) is 52.2 Å². The lowest BCUT2D eigenvalue weighted by Gasteiger charge is -2.31. The molecule has 0 bridgehead atoms. The van der Waals surface area contributed by atoms with E-state index in [4.69, 9.17) is 4.74 Å². The van der Waals surface area contributed by atoms with Gasteiger partial charge in [0.05, 0.1) is 0 Å². The molecule has 1 aromatic carbocycles. The summed E-state index contributed by atoms with van der Waals surface area (Å²) in [7, 11) is 0. The van der Waals surface area contributed by atoms with Crippen molar-refractivity contribution in [1.29, 1.82) is 0 Å². The van der Waals surface area contributed by atoms with Crippen LogP contribution < -0.4 is 5.32 Å². The predicted molar refractivity (Wildman–Crippen MR) is 93.5 cm³/mol. The van der Waals surface area contributed by atoms with Crippen molar-refractivity contribution >= 4 is 28.7 Å². The maximum atomic E-state index is 11.9. The number of alkyl carbamates (subject to hydrolysis) is 1. The van der Waals surface area contributed by atoms with Gasteiger partial charge in [-0.2, -0.15) is 0 Å². The van der Waals surface area contributed by atoms with Crippen LogP contribution in [0.2, 0.25) is 0 Å². The Morgan fingerprint density at radius 2 is 2.10 bits per heavy atom. The van der Waals surface area contributed by atoms with E-state index in [1.54, 1.807) is 0 Å². The van der Waals surface area contributed by atoms with Crippen LogP contribution in [-0.2, 0) is 4.74 Å². The van der Waals surface area contributed by atoms with Crippen molar-refractivity contribution < 1.29 is 9.53 Å². The van der Waals surface area contributed by atoms with E-state index >= 15 is 0 Å². The van der Waals surface area contributed by atoms with Gasteiger partial charge in [-0.25, -0.2) is 4.79 Å². The molecule has 1 aliphatic carbocycles. The number of halogens is 1. The lowest BCUT2D eigenvalue weighted by molar-refractivity contribution is 0.0490. The van der Waals surface area contributed by atoms with Gasteiger partial charge in [0.1, 0.15) is 5.60 Å². The van der Waals surface area contributed by atoms with Crippen molar-refractivity contribution in [3.05, 3.63) is 33.4 Å². The number of carbonyl (C=O) groups is 1. The third-order valence-electron chi connectivity index (χ3n) is 3.72. The predicted octanol–water partition coefficient (Wildman–Crippen LogP) is 4.84. The van der Waals surface area contributed by atoms with Crippen LogP contribution in [0, 0.1) is 3.57 Å². The van der Waals surface area contributed by atoms with Crippen LogP contribution in [0.25, 0.3) is 0 Å². The van der Waals surface area contributed by atoms with Crippen molar-refractivity contribution in [3.63, 3.8) is 0 Å². The minimum Gasteiger partial charge on any atom is -0.444 e. The van der Waals surface area contributed by atoms with Gasteiger partial charge >= 0.3 is 6.09 Å². The van der Waals surface area contributed by atoms with Crippen LogP contribution in [0.4, 0.5) is 4.79 Å². The summed E-state index contributed by atoms with van der Waals surface area (Å²) < 4.78 is 6.62. The molecule has 1 N–H and O–H groups in total. The van der Waals surface area contributed by atoms with Crippen molar-refractivity contribution in [3.8, 4) is 0 Å². The number of ether oxygens (including phenoxy) is 1. The summed E-state index contributed by atoms with van der Waals surface area (Å²) in [5.41, 5.74) is 0.950. The summed E-state index contributed by atoms with van der Waals surface area (Å²) in [4.78, 5) is 11.9. The number of carbonyl (C=O) groups excluding carboxylic acids is 1. The van der Waals surface area contributed by atoms with Crippen molar-refractivity contribution in [2.45, 2.75) is 64.0 Å². The molecule has 4 heteroatoms. The second-order valence-corrected chi connectivity index (χ2v) is 8.01. The number of benzene rings is 1. The monoisotopic (exact) mass is 401 g/mol. The van der Waals surface area contributed by atoms with Gasteiger partial charge in [0.15, 0.2) is 0 Å². The molecular formula is C17H24INO2. The number of hydrogen-bond acceptors (Lipinski definition) is 2. The fourth-order valence-electron chi connectivity index (χ4n) is 2.86. The molecule has 0 radical (unpaired) electrons. The molecule has 2 rings (SSSR count). The molecular weight excluding hydrogens is 377 g/mol. The molecule has 3 nitrogen and oxygen atoms in total. The molecule has 1 amide bonds. The maximum absolute atomic E-state index is 11.9. The minimum absolute atomic E-state index is 0.219. The zero-order valence-electron chi connectivity index (χ0n) is 13.0. The topological polar surface area (TPSA) is 38.3 Å². The smallest absolute Gasteiger partial charge is 0.407 e. The Bertz CT molecular complexity index is 496. The minimum atomic E-state index is -0.437. The summed E-state index contributed by atoms with van der Waals surface area (Å²) in [5, 5.41) is 3.03. The van der Waals surface area contributed by atoms with Gasteiger partial charge < -0.3 is 10.1 Å². The number of nitrogens with one attached hydrogen (secondary N) is 1. The van der Waals surface area contributed by atoms with Gasteiger partial charge in [-0.1, -0.05) is 18.6 Å². The van der Waals surface area contributed by atoms with Crippen LogP contribution in [0.15, 0.2) is 24.3 Å². The average molecular weight is 401 g/mol. The third-order valence-corrected chi connectivity index (χ3v) is 4.39. The standard InChI is InChI=1S/C17H24INO2/c1-17(2,3)21-16(20)19-15-9-5-7-13(11-15)12-6-4-8-14(18)10-12/h4,6,8,10,13,15H,5,7,9,11H2,1-3H3,(H,19,20)/t13-,15+/m0/s1. The normalized spacial score (nSPS) is 22.7. The number of rotatable bonds is 2. The quantitative estimate of drug-likeness (QED) is 0.721. The zero-order chi connectivity index (χ0) is 15.5. The molecule has 0 spiro atoms. The lowest BCUT2D eigenvalue weighted by Crippen LogP contribution is -2.41. The Morgan fingerprint density at radius 1 is 1.33 bits per heavy atom. The van der Waals surface area contributed by atoms with E-state index < -0.39 is 5.60 Å². The molecule has 0 saturated heterocycles. The van der Waals surface area contributed by atoms with Gasteiger partial charge in [-0.05, 0) is 86.2 Å². The first-order chi connectivity index (χ1) is 9.83. The average Bonchev–Trinajstić information content (AvgIpc) is 2.36. The second-order valence-electron chi connectivity index (χ2n) is 6.76. The molecule has 2 atom stereocenters. The first kappa shape index (κ1) is 16.6. The number of amides is 1. The van der Waals surface area contributed by atoms with Gasteiger partial charge in [0.2, 0.25) is 0 Å². The van der Waals surface area contributed by atoms with E-state index in [9.17, 15) is 4.79 Å². The Hall–Kier alpha value is -0.780. The Balaban J connectivity index is 1.93. The molecule has 1 saturated carbocycles. The van der Waals surface area contributed by atoms with Crippen LogP contribution in [0.5, 0.6) is 0 Å². The molecule has 116 valence electrons. The van der Waals surface area contributed by atoms with E-state index in [1.165, 1.54) is 15.6 Å². The summed E-state index contributed by atoms with van der Waals surface area (Å²) >= 11 is 2.35. The van der Waals surface area contributed by atoms with E-state index in [-0.39, 0.29) is 12.1 Å². The van der Waals surface area contributed by atoms with Crippen molar-refractivity contribution in [1.82, 2.24) is 5.32 Å². The SMILES string of the molecule is CC(C)(C)OC(=O)N[C@@H]1CCC[C@H](c2cccc(I)c2)C1. The molecule has 0 aliphatic heterocycles. The fraction of sp³-hybridized carbons (Fsp3) is 0.588. The third kappa shape index (κ3) is 5.49. The largest absolute Gasteiger partial charge is 0.444 e. The van der Waals surface area contributed by atoms with Crippen LogP contribution in [-0.4, -0.2) is 17.7 Å². The molecule has 1 aliphatic rings. The maximum Gasteiger partial charge on any atom is 0.407 e. The Kier molecular flexibility index (Phi) is 5.52. The molecule has 0 aromatic heterocycles. The first-order valence-electron chi connectivity index (χ1n) is 7.58. The van der Waals surface area contributed by atoms with E-state index in [0.29, 0.717) is 5.92 Å². The summed E-state index contributed by atoms with van der Waals surface area (Å²) in [6.07, 6.45) is 4.10. The van der Waals surface area contributed by atoms with Gasteiger partial charge in [0, 0.05) is 9.61 Å². The highest BCUT2D eigenvalue weighted by Gasteiger charge is 2.26. The van der Waals surface area contributed by atoms with Gasteiger partial charge in [0.25, 0.3) is 0 Å². The van der Waals surface area contributed by atoms with E-state index in [0.717, 1.165) is 19.3 Å². The highest BCUT2D eigenvalue weighted by Crippen LogP contribution is 2.33. The van der Waals surface area contributed by atoms with Crippen LogP contribution >= 0.6 is 22.6 Å². The second kappa shape index (κ2) is 6.99. The number of hydrogen-bond donors (Lipinski definition) is 1. The molecule has 1 aromatic rings. The van der Waals surface area contributed by atoms with Gasteiger partial charge in [-0.15, -0.1) is 0 Å². The summed E-state index contributed by atoms with van der Waals surface area (Å²) in [6, 6.07) is 8.89. The first-order valence-corrected chi connectivity index (χ1v) is 8.66. The van der Waals surface area contributed by atoms with Crippen molar-refractivity contribution in [2.24, 2.45) is 0 Å². The Morgan fingerprint density at radius 3 is 2.76 bits per heavy atom.